The van der Waals surface area contributed by atoms with Crippen LogP contribution in [0, 0.1) is 5.92 Å². The minimum atomic E-state index is -0.323. The van der Waals surface area contributed by atoms with Crippen LogP contribution in [-0.2, 0) is 0 Å². The number of carbonyl (C=O) groups is 3. The summed E-state index contributed by atoms with van der Waals surface area (Å²) in [5.41, 5.74) is 3.00. The molecule has 3 heterocycles. The summed E-state index contributed by atoms with van der Waals surface area (Å²) in [5, 5.41) is 0. The summed E-state index contributed by atoms with van der Waals surface area (Å²) in [6.07, 6.45) is 1.57. The van der Waals surface area contributed by atoms with E-state index in [9.17, 15) is 14.4 Å². The maximum Gasteiger partial charge on any atom is 0.261 e. The van der Waals surface area contributed by atoms with E-state index in [1.165, 1.54) is 4.90 Å². The molecule has 3 amide bonds. The second kappa shape index (κ2) is 9.29. The standard InChI is InChI=1S/C27H27N5O3/c1-18(2)16-32-26(34)21-9-8-20(14-22(21)27(32)35)25(33)31-12-10-30(11-13-31)24-15-23(28-17-29-24)19-6-4-3-5-7-19/h3-9,14-15,17-18H,10-13,16H2,1-2H3. The van der Waals surface area contributed by atoms with Crippen LogP contribution in [0.5, 0.6) is 0 Å². The second-order valence-electron chi connectivity index (χ2n) is 9.28. The molecule has 1 saturated heterocycles. The van der Waals surface area contributed by atoms with Crippen LogP contribution in [0.1, 0.15) is 44.9 Å². The number of imide groups is 1. The van der Waals surface area contributed by atoms with Crippen LogP contribution in [0.3, 0.4) is 0 Å². The SMILES string of the molecule is CC(C)CN1C(=O)c2ccc(C(=O)N3CCN(c4cc(-c5ccccc5)ncn4)CC3)cc2C1=O. The molecule has 0 aliphatic carbocycles. The first kappa shape index (κ1) is 22.7. The number of anilines is 1. The van der Waals surface area contributed by atoms with Crippen LogP contribution in [0.25, 0.3) is 11.3 Å². The molecule has 35 heavy (non-hydrogen) atoms. The van der Waals surface area contributed by atoms with Crippen molar-refractivity contribution in [2.45, 2.75) is 13.8 Å². The van der Waals surface area contributed by atoms with E-state index in [2.05, 4.69) is 14.9 Å². The molecule has 0 atom stereocenters. The molecule has 3 aromatic rings. The van der Waals surface area contributed by atoms with Gasteiger partial charge < -0.3 is 9.80 Å². The molecule has 8 heteroatoms. The predicted molar refractivity (Wildman–Crippen MR) is 132 cm³/mol. The molecule has 0 N–H and O–H groups in total. The molecule has 1 fully saturated rings. The summed E-state index contributed by atoms with van der Waals surface area (Å²) >= 11 is 0. The Morgan fingerprint density at radius 1 is 0.886 bits per heavy atom. The van der Waals surface area contributed by atoms with Gasteiger partial charge in [-0.3, -0.25) is 19.3 Å². The number of amides is 3. The van der Waals surface area contributed by atoms with Crippen LogP contribution in [-0.4, -0.2) is 70.2 Å². The predicted octanol–water partition coefficient (Wildman–Crippen LogP) is 3.36. The number of aromatic nitrogens is 2. The zero-order valence-electron chi connectivity index (χ0n) is 19.8. The molecule has 2 aliphatic heterocycles. The molecule has 1 aromatic heterocycles. The minimum Gasteiger partial charge on any atom is -0.353 e. The van der Waals surface area contributed by atoms with Gasteiger partial charge in [0.05, 0.1) is 16.8 Å². The van der Waals surface area contributed by atoms with E-state index in [-0.39, 0.29) is 23.6 Å². The second-order valence-corrected chi connectivity index (χ2v) is 9.28. The van der Waals surface area contributed by atoms with Gasteiger partial charge in [0, 0.05) is 49.9 Å². The van der Waals surface area contributed by atoms with Crippen LogP contribution >= 0.6 is 0 Å². The van der Waals surface area contributed by atoms with Crippen molar-refractivity contribution in [1.82, 2.24) is 19.8 Å². The first-order valence-electron chi connectivity index (χ1n) is 11.8. The van der Waals surface area contributed by atoms with Gasteiger partial charge in [-0.15, -0.1) is 0 Å². The average molecular weight is 470 g/mol. The van der Waals surface area contributed by atoms with Gasteiger partial charge in [0.15, 0.2) is 0 Å². The van der Waals surface area contributed by atoms with Crippen molar-refractivity contribution in [2.24, 2.45) is 5.92 Å². The molecule has 2 aromatic carbocycles. The maximum atomic E-state index is 13.2. The Labute approximate surface area is 204 Å². The first-order chi connectivity index (χ1) is 16.9. The summed E-state index contributed by atoms with van der Waals surface area (Å²) in [5.74, 6) is 0.260. The lowest BCUT2D eigenvalue weighted by molar-refractivity contribution is 0.0635. The van der Waals surface area contributed by atoms with E-state index in [0.29, 0.717) is 49.4 Å². The summed E-state index contributed by atoms with van der Waals surface area (Å²) in [6, 6.07) is 16.7. The molecular weight excluding hydrogens is 442 g/mol. The number of benzene rings is 2. The van der Waals surface area contributed by atoms with Crippen molar-refractivity contribution in [1.29, 1.82) is 0 Å². The number of hydrogen-bond donors (Lipinski definition) is 0. The fourth-order valence-electron chi connectivity index (χ4n) is 4.56. The lowest BCUT2D eigenvalue weighted by Gasteiger charge is -2.35. The third-order valence-electron chi connectivity index (χ3n) is 6.38. The Balaban J connectivity index is 1.27. The Morgan fingerprint density at radius 2 is 1.60 bits per heavy atom. The maximum absolute atomic E-state index is 13.2. The highest BCUT2D eigenvalue weighted by Crippen LogP contribution is 2.26. The van der Waals surface area contributed by atoms with Gasteiger partial charge in [-0.25, -0.2) is 9.97 Å². The zero-order chi connectivity index (χ0) is 24.5. The number of rotatable bonds is 5. The summed E-state index contributed by atoms with van der Waals surface area (Å²) in [4.78, 5) is 52.6. The Bertz CT molecular complexity index is 1280. The minimum absolute atomic E-state index is 0.136. The Hall–Kier alpha value is -4.07. The first-order valence-corrected chi connectivity index (χ1v) is 11.8. The molecule has 5 rings (SSSR count). The largest absolute Gasteiger partial charge is 0.353 e. The van der Waals surface area contributed by atoms with E-state index in [0.717, 1.165) is 17.1 Å². The van der Waals surface area contributed by atoms with E-state index < -0.39 is 0 Å². The fraction of sp³-hybridized carbons (Fsp3) is 0.296. The highest BCUT2D eigenvalue weighted by Gasteiger charge is 2.36. The summed E-state index contributed by atoms with van der Waals surface area (Å²) < 4.78 is 0. The van der Waals surface area contributed by atoms with Gasteiger partial charge in [-0.2, -0.15) is 0 Å². The lowest BCUT2D eigenvalue weighted by atomic mass is 10.0. The van der Waals surface area contributed by atoms with Gasteiger partial charge in [-0.05, 0) is 24.1 Å². The summed E-state index contributed by atoms with van der Waals surface area (Å²) in [6.45, 7) is 6.64. The van der Waals surface area contributed by atoms with Crippen molar-refractivity contribution in [3.05, 3.63) is 77.6 Å². The van der Waals surface area contributed by atoms with Crippen molar-refractivity contribution in [2.75, 3.05) is 37.6 Å². The van der Waals surface area contributed by atoms with Crippen LogP contribution in [0.4, 0.5) is 5.82 Å². The fourth-order valence-corrected chi connectivity index (χ4v) is 4.56. The highest BCUT2D eigenvalue weighted by atomic mass is 16.2. The normalized spacial score (nSPS) is 15.7. The van der Waals surface area contributed by atoms with Crippen molar-refractivity contribution in [3.63, 3.8) is 0 Å². The molecule has 0 unspecified atom stereocenters. The lowest BCUT2D eigenvalue weighted by Crippen LogP contribution is -2.49. The Kier molecular flexibility index (Phi) is 6.03. The van der Waals surface area contributed by atoms with Gasteiger partial charge in [0.2, 0.25) is 0 Å². The number of hydrogen-bond acceptors (Lipinski definition) is 6. The van der Waals surface area contributed by atoms with Gasteiger partial charge in [-0.1, -0.05) is 44.2 Å². The smallest absolute Gasteiger partial charge is 0.261 e. The molecule has 0 spiro atoms. The number of piperazine rings is 1. The molecule has 0 bridgehead atoms. The van der Waals surface area contributed by atoms with E-state index in [1.54, 1.807) is 29.4 Å². The molecular formula is C27H27N5O3. The van der Waals surface area contributed by atoms with E-state index in [4.69, 9.17) is 0 Å². The number of carbonyl (C=O) groups excluding carboxylic acids is 3. The third-order valence-corrected chi connectivity index (χ3v) is 6.38. The van der Waals surface area contributed by atoms with Crippen molar-refractivity contribution < 1.29 is 14.4 Å². The van der Waals surface area contributed by atoms with Crippen LogP contribution in [0.2, 0.25) is 0 Å². The summed E-state index contributed by atoms with van der Waals surface area (Å²) in [7, 11) is 0. The van der Waals surface area contributed by atoms with Gasteiger partial charge >= 0.3 is 0 Å². The van der Waals surface area contributed by atoms with Crippen LogP contribution in [0.15, 0.2) is 60.9 Å². The Morgan fingerprint density at radius 3 is 2.31 bits per heavy atom. The van der Waals surface area contributed by atoms with E-state index >= 15 is 0 Å². The van der Waals surface area contributed by atoms with Gasteiger partial charge in [0.1, 0.15) is 12.1 Å². The van der Waals surface area contributed by atoms with Crippen molar-refractivity contribution >= 4 is 23.5 Å². The molecule has 0 saturated carbocycles. The highest BCUT2D eigenvalue weighted by molar-refractivity contribution is 6.22. The molecule has 8 nitrogen and oxygen atoms in total. The quantitative estimate of drug-likeness (QED) is 0.533. The number of fused-ring (bicyclic) bond motifs is 1. The average Bonchev–Trinajstić information content (AvgIpc) is 3.13. The molecule has 0 radical (unpaired) electrons. The van der Waals surface area contributed by atoms with E-state index in [1.807, 2.05) is 50.2 Å². The topological polar surface area (TPSA) is 86.7 Å². The number of nitrogens with zero attached hydrogens (tertiary/aromatic N) is 5. The monoisotopic (exact) mass is 469 g/mol. The third kappa shape index (κ3) is 4.39. The van der Waals surface area contributed by atoms with Gasteiger partial charge in [0.25, 0.3) is 17.7 Å². The van der Waals surface area contributed by atoms with Crippen molar-refractivity contribution in [3.8, 4) is 11.3 Å². The molecule has 2 aliphatic rings. The molecule has 178 valence electrons. The van der Waals surface area contributed by atoms with Crippen LogP contribution < -0.4 is 4.90 Å². The zero-order valence-corrected chi connectivity index (χ0v) is 19.8.